The third-order valence-corrected chi connectivity index (χ3v) is 5.15. The summed E-state index contributed by atoms with van der Waals surface area (Å²) < 4.78 is 7.10. The molecule has 0 radical (unpaired) electrons. The Bertz CT molecular complexity index is 1130. The molecule has 0 aliphatic carbocycles. The first-order valence-corrected chi connectivity index (χ1v) is 8.78. The van der Waals surface area contributed by atoms with E-state index in [1.54, 1.807) is 28.6 Å². The van der Waals surface area contributed by atoms with Crippen molar-refractivity contribution in [1.29, 1.82) is 0 Å². The van der Waals surface area contributed by atoms with Crippen LogP contribution >= 0.6 is 22.9 Å². The fourth-order valence-electron chi connectivity index (χ4n) is 2.49. The Kier molecular flexibility index (Phi) is 3.03. The van der Waals surface area contributed by atoms with Crippen LogP contribution in [0.3, 0.4) is 0 Å². The predicted molar refractivity (Wildman–Crippen MR) is 92.5 cm³/mol. The highest BCUT2D eigenvalue weighted by Gasteiger charge is 2.13. The number of thiazole rings is 1. The lowest BCUT2D eigenvalue weighted by Gasteiger charge is -2.19. The van der Waals surface area contributed by atoms with Gasteiger partial charge in [-0.1, -0.05) is 0 Å². The SMILES string of the molecule is C1=c2cnsc2=CCN1Nc1nc2c(-c3cncs3)nccn2n1. The van der Waals surface area contributed by atoms with Crippen LogP contribution in [0, 0.1) is 0 Å². The summed E-state index contributed by atoms with van der Waals surface area (Å²) in [6, 6.07) is 0. The molecule has 5 rings (SSSR count). The molecule has 0 aromatic carbocycles. The molecule has 4 aromatic heterocycles. The zero-order valence-corrected chi connectivity index (χ0v) is 13.8. The zero-order valence-electron chi connectivity index (χ0n) is 12.2. The Morgan fingerprint density at radius 3 is 3.17 bits per heavy atom. The highest BCUT2D eigenvalue weighted by molar-refractivity contribution is 7.13. The van der Waals surface area contributed by atoms with Crippen molar-refractivity contribution in [3.8, 4) is 10.6 Å². The normalized spacial score (nSPS) is 13.4. The van der Waals surface area contributed by atoms with Crippen LogP contribution in [0.1, 0.15) is 0 Å². The lowest BCUT2D eigenvalue weighted by molar-refractivity contribution is 0.545. The van der Waals surface area contributed by atoms with Crippen LogP contribution in [0.4, 0.5) is 5.95 Å². The monoisotopic (exact) mass is 354 g/mol. The molecule has 0 fully saturated rings. The minimum atomic E-state index is 0.519. The molecule has 10 heteroatoms. The second-order valence-electron chi connectivity index (χ2n) is 5.09. The maximum Gasteiger partial charge on any atom is 0.261 e. The molecule has 5 heterocycles. The lowest BCUT2D eigenvalue weighted by atomic mass is 10.4. The molecule has 1 N–H and O–H groups in total. The van der Waals surface area contributed by atoms with Crippen molar-refractivity contribution in [3.63, 3.8) is 0 Å². The highest BCUT2D eigenvalue weighted by atomic mass is 32.1. The maximum atomic E-state index is 4.57. The zero-order chi connectivity index (χ0) is 15.9. The topological polar surface area (TPSA) is 84.1 Å². The average Bonchev–Trinajstić information content (AvgIpc) is 3.33. The van der Waals surface area contributed by atoms with Crippen molar-refractivity contribution in [2.45, 2.75) is 0 Å². The molecule has 24 heavy (non-hydrogen) atoms. The summed E-state index contributed by atoms with van der Waals surface area (Å²) in [7, 11) is 0. The first kappa shape index (κ1) is 13.6. The van der Waals surface area contributed by atoms with E-state index in [1.165, 1.54) is 27.4 Å². The number of anilines is 1. The second kappa shape index (κ2) is 5.35. The van der Waals surface area contributed by atoms with Gasteiger partial charge >= 0.3 is 0 Å². The van der Waals surface area contributed by atoms with E-state index < -0.39 is 0 Å². The van der Waals surface area contributed by atoms with Crippen LogP contribution in [0.15, 0.2) is 30.3 Å². The van der Waals surface area contributed by atoms with Gasteiger partial charge in [-0.15, -0.1) is 16.4 Å². The predicted octanol–water partition coefficient (Wildman–Crippen LogP) is 0.565. The van der Waals surface area contributed by atoms with E-state index in [1.807, 2.05) is 17.4 Å². The molecule has 0 amide bonds. The van der Waals surface area contributed by atoms with Crippen LogP contribution in [-0.2, 0) is 0 Å². The van der Waals surface area contributed by atoms with E-state index in [9.17, 15) is 0 Å². The van der Waals surface area contributed by atoms with Gasteiger partial charge in [0.1, 0.15) is 5.69 Å². The summed E-state index contributed by atoms with van der Waals surface area (Å²) in [6.45, 7) is 0.727. The third-order valence-electron chi connectivity index (χ3n) is 3.56. The molecule has 0 bridgehead atoms. The van der Waals surface area contributed by atoms with Crippen molar-refractivity contribution >= 4 is 46.7 Å². The number of nitrogens with zero attached hydrogens (tertiary/aromatic N) is 7. The summed E-state index contributed by atoms with van der Waals surface area (Å²) in [5.74, 6) is 0.519. The number of rotatable bonds is 3. The molecule has 118 valence electrons. The molecule has 8 nitrogen and oxygen atoms in total. The average molecular weight is 354 g/mol. The van der Waals surface area contributed by atoms with Crippen molar-refractivity contribution in [1.82, 2.24) is 33.9 Å². The molecule has 0 saturated heterocycles. The fourth-order valence-corrected chi connectivity index (χ4v) is 3.74. The molecule has 0 saturated carbocycles. The van der Waals surface area contributed by atoms with E-state index in [-0.39, 0.29) is 0 Å². The Morgan fingerprint density at radius 2 is 2.25 bits per heavy atom. The van der Waals surface area contributed by atoms with E-state index in [0.717, 1.165) is 22.3 Å². The fraction of sp³-hybridized carbons (Fsp3) is 0.0714. The van der Waals surface area contributed by atoms with Crippen molar-refractivity contribution in [2.24, 2.45) is 0 Å². The first-order valence-electron chi connectivity index (χ1n) is 7.13. The first-order chi connectivity index (χ1) is 11.9. The van der Waals surface area contributed by atoms with E-state index in [0.29, 0.717) is 11.6 Å². The van der Waals surface area contributed by atoms with Crippen LogP contribution in [0.25, 0.3) is 28.5 Å². The summed E-state index contributed by atoms with van der Waals surface area (Å²) >= 11 is 3.02. The number of aromatic nitrogens is 6. The number of hydrogen-bond acceptors (Lipinski definition) is 9. The molecule has 1 aliphatic heterocycles. The molecule has 0 unspecified atom stereocenters. The van der Waals surface area contributed by atoms with Crippen LogP contribution in [-0.4, -0.2) is 40.5 Å². The maximum absolute atomic E-state index is 4.57. The molecule has 0 atom stereocenters. The van der Waals surface area contributed by atoms with E-state index >= 15 is 0 Å². The number of fused-ring (bicyclic) bond motifs is 2. The summed E-state index contributed by atoms with van der Waals surface area (Å²) in [5.41, 5.74) is 6.47. The summed E-state index contributed by atoms with van der Waals surface area (Å²) in [6.07, 6.45) is 11.3. The van der Waals surface area contributed by atoms with E-state index in [2.05, 4.69) is 35.9 Å². The van der Waals surface area contributed by atoms with Crippen molar-refractivity contribution < 1.29 is 0 Å². The van der Waals surface area contributed by atoms with Gasteiger partial charge in [0.05, 0.1) is 27.7 Å². The van der Waals surface area contributed by atoms with E-state index in [4.69, 9.17) is 0 Å². The smallest absolute Gasteiger partial charge is 0.261 e. The molecule has 0 spiro atoms. The van der Waals surface area contributed by atoms with Gasteiger partial charge in [-0.2, -0.15) is 9.36 Å². The quantitative estimate of drug-likeness (QED) is 0.576. The Hall–Kier alpha value is -2.85. The molecular weight excluding hydrogens is 344 g/mol. The Labute approximate surface area is 143 Å². The second-order valence-corrected chi connectivity index (χ2v) is 6.81. The van der Waals surface area contributed by atoms with Crippen molar-refractivity contribution in [2.75, 3.05) is 12.0 Å². The number of nitrogens with one attached hydrogen (secondary N) is 1. The largest absolute Gasteiger partial charge is 0.288 e. The van der Waals surface area contributed by atoms with Crippen LogP contribution < -0.4 is 15.2 Å². The molecule has 4 aromatic rings. The number of hydrazine groups is 1. The molecular formula is C14H10N8S2. The highest BCUT2D eigenvalue weighted by Crippen LogP contribution is 2.24. The van der Waals surface area contributed by atoms with Gasteiger partial charge in [0.25, 0.3) is 5.95 Å². The summed E-state index contributed by atoms with van der Waals surface area (Å²) in [5, 5.41) is 7.50. The minimum Gasteiger partial charge on any atom is -0.288 e. The van der Waals surface area contributed by atoms with Gasteiger partial charge in [-0.25, -0.2) is 9.50 Å². The Morgan fingerprint density at radius 1 is 1.25 bits per heavy atom. The van der Waals surface area contributed by atoms with Crippen molar-refractivity contribution in [3.05, 3.63) is 40.0 Å². The summed E-state index contributed by atoms with van der Waals surface area (Å²) in [4.78, 5) is 14.1. The van der Waals surface area contributed by atoms with Crippen LogP contribution in [0.2, 0.25) is 0 Å². The lowest BCUT2D eigenvalue weighted by Crippen LogP contribution is -2.35. The standard InChI is InChI=1S/C14H10N8S2/c1-3-21(7-9-5-17-24-10(1)9)19-14-18-13-12(11-6-15-8-23-11)16-2-4-22(13)20-14/h1-2,4-8H,3H2,(H,19,20). The van der Waals surface area contributed by atoms with Crippen LogP contribution in [0.5, 0.6) is 0 Å². The molecule has 1 aliphatic rings. The van der Waals surface area contributed by atoms with Gasteiger partial charge < -0.3 is 0 Å². The third kappa shape index (κ3) is 2.23. The van der Waals surface area contributed by atoms with Gasteiger partial charge in [0.2, 0.25) is 0 Å². The van der Waals surface area contributed by atoms with Gasteiger partial charge in [-0.05, 0) is 17.6 Å². The number of hydrogen-bond donors (Lipinski definition) is 1. The van der Waals surface area contributed by atoms with Gasteiger partial charge in [0.15, 0.2) is 5.65 Å². The minimum absolute atomic E-state index is 0.519. The van der Waals surface area contributed by atoms with Gasteiger partial charge in [-0.3, -0.25) is 15.4 Å². The van der Waals surface area contributed by atoms with Gasteiger partial charge in [0, 0.05) is 30.0 Å². The Balaban J connectivity index is 1.51.